The number of hydrogen-bond donors (Lipinski definition) is 10. The number of ether oxygens (including phenoxy) is 2. The van der Waals surface area contributed by atoms with E-state index in [1.807, 2.05) is 46.2 Å². The van der Waals surface area contributed by atoms with Gasteiger partial charge in [-0.15, -0.1) is 0 Å². The van der Waals surface area contributed by atoms with E-state index in [1.54, 1.807) is 123 Å². The van der Waals surface area contributed by atoms with Crippen LogP contribution in [0.1, 0.15) is 228 Å². The first-order valence-electron chi connectivity index (χ1n) is 48.9. The van der Waals surface area contributed by atoms with E-state index >= 15 is 17.6 Å². The predicted octanol–water partition coefficient (Wildman–Crippen LogP) is 22.9. The van der Waals surface area contributed by atoms with Gasteiger partial charge in [0, 0.05) is 168 Å². The Kier molecular flexibility index (Phi) is 35.6. The van der Waals surface area contributed by atoms with Crippen LogP contribution in [0.4, 0.5) is 40.3 Å². The van der Waals surface area contributed by atoms with Gasteiger partial charge in [-0.2, -0.15) is 25.5 Å². The second-order valence-electron chi connectivity index (χ2n) is 43.0. The zero-order chi connectivity index (χ0) is 107. The molecule has 17 rings (SSSR count). The lowest BCUT2D eigenvalue weighted by Gasteiger charge is -2.43. The van der Waals surface area contributed by atoms with Crippen molar-refractivity contribution >= 4 is 152 Å². The Hall–Kier alpha value is -9.89. The summed E-state index contributed by atoms with van der Waals surface area (Å²) in [5.74, 6) is -5.63. The second-order valence-corrected chi connectivity index (χ2v) is 47.6. The normalized spacial score (nSPS) is 17.8. The summed E-state index contributed by atoms with van der Waals surface area (Å²) in [7, 11) is -2.22. The monoisotopic (exact) mass is 2150 g/mol. The summed E-state index contributed by atoms with van der Waals surface area (Å²) in [5.41, 5.74) is 4.38. The fourth-order valence-electron chi connectivity index (χ4n) is 20.5. The van der Waals surface area contributed by atoms with Crippen molar-refractivity contribution in [2.24, 2.45) is 45.8 Å². The number of aryl methyl sites for hydroxylation is 2. The summed E-state index contributed by atoms with van der Waals surface area (Å²) in [5, 5.41) is 93.8. The van der Waals surface area contributed by atoms with E-state index in [0.717, 1.165) is 77.0 Å². The number of amides is 4. The van der Waals surface area contributed by atoms with Gasteiger partial charge in [-0.05, 0) is 248 Å². The number of nitrogens with zero attached hydrogens (tertiary/aromatic N) is 10. The van der Waals surface area contributed by atoms with Gasteiger partial charge in [-0.25, -0.2) is 44.6 Å². The maximum absolute atomic E-state index is 15.1. The molecule has 7 aromatic carbocycles. The molecule has 0 spiro atoms. The van der Waals surface area contributed by atoms with Crippen molar-refractivity contribution in [3.05, 3.63) is 215 Å². The first kappa shape index (κ1) is 113. The van der Waals surface area contributed by atoms with Gasteiger partial charge in [-0.1, -0.05) is 124 Å². The molecule has 5 aromatic heterocycles. The third-order valence-corrected chi connectivity index (χ3v) is 32.1. The SMILES string of the molecule is C=S(C)(=O)N1CCC(C(C)(C)[C@H](O)c2c(F)c(Cl)cc3cn[nH]c23)CC1.CC(C)(C)OC(=O)N1CCC(C(F)(F)[C@@H](O)c2cc(Cl)cc3cn[nH]c23)CC1.CC(C)(C)OC(=O)N1CCC(C(F)(F)[C@H](O)c2cc(Cl)cc3cn[nH]c23)CC1.Cc1cc(CC(=O)N2CCC(C(C)(C)[C@H](O)c3cc(Cl)cc4cn[nH]c34)CC2)ccc1F.Cc1ccc(CC(=O)N2CCC(C(C)(C)[C@H](O)c3cc(Cl)cc4cn[nH]c34)CC2)cc1F. The molecule has 27 nitrogen and oxygen atoms in total. The molecule has 5 fully saturated rings. The van der Waals surface area contributed by atoms with Crippen LogP contribution in [0.25, 0.3) is 54.5 Å². The van der Waals surface area contributed by atoms with Crippen LogP contribution in [0.5, 0.6) is 0 Å². The van der Waals surface area contributed by atoms with E-state index in [9.17, 15) is 62.1 Å². The van der Waals surface area contributed by atoms with Gasteiger partial charge in [0.15, 0.2) is 0 Å². The number of aromatic nitrogens is 10. The van der Waals surface area contributed by atoms with Gasteiger partial charge in [-0.3, -0.25) is 39.3 Å². The van der Waals surface area contributed by atoms with Crippen LogP contribution in [-0.4, -0.2) is 229 Å². The lowest BCUT2D eigenvalue weighted by Crippen LogP contribution is -2.46. The van der Waals surface area contributed by atoms with Crippen molar-refractivity contribution in [3.63, 3.8) is 0 Å². The number of fused-ring (bicyclic) bond motifs is 5. The molecule has 4 amide bonds. The molecule has 0 radical (unpaired) electrons. The van der Waals surface area contributed by atoms with E-state index in [1.165, 1.54) is 52.5 Å². The van der Waals surface area contributed by atoms with Crippen molar-refractivity contribution in [2.45, 2.75) is 228 Å². The number of hydrogen-bond acceptors (Lipinski definition) is 17. The highest BCUT2D eigenvalue weighted by atomic mass is 35.5. The van der Waals surface area contributed by atoms with Gasteiger partial charge >= 0.3 is 12.2 Å². The Balaban J connectivity index is 0.000000153. The topological polar surface area (TPSA) is 365 Å². The molecule has 10 N–H and O–H groups in total. The fraction of sp³-hybridized carbons (Fsp3) is 0.509. The van der Waals surface area contributed by atoms with Crippen molar-refractivity contribution in [3.8, 4) is 0 Å². The Bertz CT molecular complexity index is 6430. The van der Waals surface area contributed by atoms with Crippen molar-refractivity contribution in [1.82, 2.24) is 74.9 Å². The number of benzene rings is 7. The minimum atomic E-state index is -3.39. The minimum absolute atomic E-state index is 0.0130. The van der Waals surface area contributed by atoms with Crippen molar-refractivity contribution in [2.75, 3.05) is 71.7 Å². The average Bonchev–Trinajstić information content (AvgIpc) is 1.52. The van der Waals surface area contributed by atoms with Crippen LogP contribution in [0.2, 0.25) is 25.1 Å². The predicted molar refractivity (Wildman–Crippen MR) is 556 cm³/mol. The molecule has 5 aliphatic heterocycles. The standard InChI is InChI=1S/2C25H29ClFN3O2.2C19H24ClF2N3O3.C18H25ClFN3O2S/c1-15-10-16(4-5-21(15)27)11-22(31)30-8-6-18(7-9-30)25(2,3)24(32)20-13-19(26)12-17-14-28-29-23(17)20;1-15-4-5-16(10-21(15)27)11-22(31)30-8-6-18(7-9-30)25(2,3)24(32)20-13-19(26)12-17-14-28-29-23(17)20;2*1-18(2,3)28-17(27)25-6-4-12(5-7-25)19(21,22)16(26)14-9-13(20)8-11-10-23-24-15(11)14;1-18(2,12-5-7-23(8-6-12)26(3,4)25)17(24)14-15(20)13(19)9-11-10-21-22-16(11)14/h2*4-5,10,12-14,18,24,32H,6-9,11H2,1-3H3,(H,28,29);2*8-10,12,16,26H,4-7H2,1-3H3,(H,23,24);9-10,12,17,24H,3,5-8H2,1-2,4H3,(H,21,22)/t2*24-;2*16-;17-,26?/m11101/s1. The van der Waals surface area contributed by atoms with E-state index in [-0.39, 0.29) is 138 Å². The molecule has 0 bridgehead atoms. The number of likely N-dealkylation sites (tertiary alicyclic amines) is 4. The van der Waals surface area contributed by atoms with Crippen LogP contribution in [-0.2, 0) is 41.6 Å². The Morgan fingerprint density at radius 3 is 1.02 bits per heavy atom. The molecule has 1 unspecified atom stereocenters. The zero-order valence-corrected chi connectivity index (χ0v) is 89.2. The lowest BCUT2D eigenvalue weighted by molar-refractivity contribution is -0.160. The summed E-state index contributed by atoms with van der Waals surface area (Å²) in [6.45, 7) is 30.5. The molecule has 0 saturated carbocycles. The van der Waals surface area contributed by atoms with E-state index in [2.05, 4.69) is 84.6 Å². The molecule has 40 heteroatoms. The molecule has 6 atom stereocenters. The molecule has 5 aliphatic rings. The smallest absolute Gasteiger partial charge is 0.410 e. The number of aliphatic hydroxyl groups is 5. The Morgan fingerprint density at radius 1 is 0.397 bits per heavy atom. The van der Waals surface area contributed by atoms with Crippen LogP contribution < -0.4 is 0 Å². The van der Waals surface area contributed by atoms with Crippen LogP contribution in [0.3, 0.4) is 0 Å². The van der Waals surface area contributed by atoms with Gasteiger partial charge in [0.05, 0.1) is 94.7 Å². The highest BCUT2D eigenvalue weighted by molar-refractivity contribution is 7.97. The Morgan fingerprint density at radius 2 is 0.692 bits per heavy atom. The van der Waals surface area contributed by atoms with Gasteiger partial charge < -0.3 is 54.6 Å². The number of nitrogens with one attached hydrogen (secondary N) is 5. The van der Waals surface area contributed by atoms with Gasteiger partial charge in [0.2, 0.25) is 11.8 Å². The van der Waals surface area contributed by atoms with E-state index < -0.39 is 109 Å². The Labute approximate surface area is 870 Å². The number of alkyl halides is 4. The number of piperidine rings is 5. The van der Waals surface area contributed by atoms with Crippen LogP contribution >= 0.6 is 58.0 Å². The van der Waals surface area contributed by atoms with Crippen LogP contribution in [0.15, 0.2) is 122 Å². The quantitative estimate of drug-likeness (QED) is 0.0250. The minimum Gasteiger partial charge on any atom is -0.444 e. The van der Waals surface area contributed by atoms with Gasteiger partial charge in [0.1, 0.15) is 40.9 Å². The molecule has 0 aliphatic carbocycles. The third-order valence-electron chi connectivity index (χ3n) is 29.5. The van der Waals surface area contributed by atoms with Crippen LogP contribution in [0, 0.1) is 77.1 Å². The molecular formula is C106H131Cl5F7N15O12S. The number of H-pyrrole nitrogens is 5. The molecule has 12 aromatic rings. The van der Waals surface area contributed by atoms with Crippen molar-refractivity contribution < 1.29 is 89.1 Å². The largest absolute Gasteiger partial charge is 0.444 e. The number of halogens is 12. The average molecular weight is 2150 g/mol. The molecule has 10 heterocycles. The second kappa shape index (κ2) is 45.9. The van der Waals surface area contributed by atoms with E-state index in [4.69, 9.17) is 67.5 Å². The highest BCUT2D eigenvalue weighted by Crippen LogP contribution is 2.53. The fourth-order valence-corrected chi connectivity index (χ4v) is 22.6. The number of carbonyl (C=O) groups is 4. The molecule has 5 saturated heterocycles. The number of aromatic amines is 5. The van der Waals surface area contributed by atoms with Gasteiger partial charge in [0.25, 0.3) is 11.8 Å². The summed E-state index contributed by atoms with van der Waals surface area (Å²) in [6, 6.07) is 24.4. The molecule has 146 heavy (non-hydrogen) atoms. The summed E-state index contributed by atoms with van der Waals surface area (Å²) in [4.78, 5) is 56.4. The number of carbonyl (C=O) groups excluding carboxylic acids is 4. The first-order chi connectivity index (χ1) is 68.3. The molecular weight excluding hydrogens is 2020 g/mol. The maximum Gasteiger partial charge on any atom is 0.410 e. The summed E-state index contributed by atoms with van der Waals surface area (Å²) >= 11 is 30.6. The molecule has 792 valence electrons. The highest BCUT2D eigenvalue weighted by Gasteiger charge is 2.52. The number of aliphatic hydroxyl groups excluding tert-OH is 5. The summed E-state index contributed by atoms with van der Waals surface area (Å²) < 4.78 is 127. The zero-order valence-electron chi connectivity index (χ0n) is 84.6. The maximum atomic E-state index is 15.1. The summed E-state index contributed by atoms with van der Waals surface area (Å²) in [6.07, 6.45) is 7.43. The first-order valence-corrected chi connectivity index (χ1v) is 52.9. The lowest BCUT2D eigenvalue weighted by atomic mass is 9.68. The van der Waals surface area contributed by atoms with Crippen molar-refractivity contribution in [1.29, 1.82) is 0 Å². The third kappa shape index (κ3) is 26.4. The number of rotatable bonds is 20. The van der Waals surface area contributed by atoms with E-state index in [0.29, 0.717) is 98.7 Å².